The highest BCUT2D eigenvalue weighted by Crippen LogP contribution is 2.31. The Labute approximate surface area is 245 Å². The average molecular weight is 589 g/mol. The van der Waals surface area contributed by atoms with Gasteiger partial charge in [0.05, 0.1) is 31.6 Å². The summed E-state index contributed by atoms with van der Waals surface area (Å²) in [6, 6.07) is 22.0. The second kappa shape index (κ2) is 13.0. The molecule has 1 fully saturated rings. The number of esters is 1. The minimum Gasteiger partial charge on any atom is -0.497 e. The molecule has 0 radical (unpaired) electrons. The maximum atomic E-state index is 14.9. The molecule has 0 bridgehead atoms. The van der Waals surface area contributed by atoms with Crippen LogP contribution in [-0.2, 0) is 20.8 Å². The molecule has 11 heteroatoms. The van der Waals surface area contributed by atoms with Crippen LogP contribution >= 0.6 is 0 Å². The number of hydrogen-bond donors (Lipinski definition) is 0. The molecule has 1 aliphatic rings. The molecule has 3 atom stereocenters. The first-order valence-corrected chi connectivity index (χ1v) is 13.5. The van der Waals surface area contributed by atoms with Crippen molar-refractivity contribution in [1.82, 2.24) is 9.13 Å². The maximum Gasteiger partial charge on any atom is 0.340 e. The number of carbonyl (C=O) groups is 2. The van der Waals surface area contributed by atoms with Crippen molar-refractivity contribution in [3.63, 3.8) is 0 Å². The topological polar surface area (TPSA) is 115 Å². The zero-order valence-corrected chi connectivity index (χ0v) is 23.5. The Hall–Kier alpha value is -4.87. The second-order valence-electron chi connectivity index (χ2n) is 10.0. The number of methoxy groups -OCH3 is 1. The highest BCUT2D eigenvalue weighted by Gasteiger charge is 2.39. The van der Waals surface area contributed by atoms with Gasteiger partial charge in [-0.1, -0.05) is 54.1 Å². The van der Waals surface area contributed by atoms with Crippen molar-refractivity contribution in [2.75, 3.05) is 13.7 Å². The number of ether oxygens (including phenoxy) is 4. The van der Waals surface area contributed by atoms with Crippen LogP contribution in [0.5, 0.6) is 5.75 Å². The lowest BCUT2D eigenvalue weighted by molar-refractivity contribution is -0.0710. The van der Waals surface area contributed by atoms with Crippen molar-refractivity contribution in [3.05, 3.63) is 134 Å². The lowest BCUT2D eigenvalue weighted by atomic mass is 10.1. The molecular weight excluding hydrogens is 559 g/mol. The van der Waals surface area contributed by atoms with E-state index in [2.05, 4.69) is 0 Å². The molecule has 0 amide bonds. The van der Waals surface area contributed by atoms with Gasteiger partial charge in [0.2, 0.25) is 5.82 Å². The molecule has 0 aliphatic carbocycles. The third-order valence-corrected chi connectivity index (χ3v) is 7.02. The van der Waals surface area contributed by atoms with Crippen LogP contribution in [-0.4, -0.2) is 46.9 Å². The number of hydrogen-bond acceptors (Lipinski definition) is 8. The minimum absolute atomic E-state index is 0.0460. The van der Waals surface area contributed by atoms with Crippen molar-refractivity contribution in [2.45, 2.75) is 38.4 Å². The molecule has 0 saturated carbocycles. The van der Waals surface area contributed by atoms with E-state index in [1.54, 1.807) is 37.3 Å². The van der Waals surface area contributed by atoms with Crippen LogP contribution < -0.4 is 16.0 Å². The Morgan fingerprint density at radius 1 is 0.977 bits per heavy atom. The Morgan fingerprint density at radius 3 is 2.47 bits per heavy atom. The zero-order valence-electron chi connectivity index (χ0n) is 23.5. The lowest BCUT2D eigenvalue weighted by Crippen LogP contribution is -2.46. The number of halogens is 1. The van der Waals surface area contributed by atoms with Crippen LogP contribution in [0.4, 0.5) is 4.39 Å². The third-order valence-electron chi connectivity index (χ3n) is 7.02. The second-order valence-corrected chi connectivity index (χ2v) is 10.0. The third kappa shape index (κ3) is 6.63. The van der Waals surface area contributed by atoms with Crippen LogP contribution in [0.2, 0.25) is 0 Å². The van der Waals surface area contributed by atoms with E-state index in [0.29, 0.717) is 11.9 Å². The fourth-order valence-corrected chi connectivity index (χ4v) is 4.80. The van der Waals surface area contributed by atoms with Gasteiger partial charge in [0.1, 0.15) is 24.7 Å². The fraction of sp³-hybridized carbons (Fsp3) is 0.250. The van der Waals surface area contributed by atoms with Gasteiger partial charge in [0.15, 0.2) is 0 Å². The van der Waals surface area contributed by atoms with Crippen LogP contribution in [0.1, 0.15) is 44.5 Å². The van der Waals surface area contributed by atoms with Crippen LogP contribution in [0, 0.1) is 12.7 Å². The van der Waals surface area contributed by atoms with Crippen LogP contribution in [0.3, 0.4) is 0 Å². The standard InChI is InChI=1S/C32H29FN2O8/c1-20-8-6-11-22(14-20)29(36)35-30(37)25(33)17-34(32(35)39)28-16-26(41-18-21-9-4-3-5-10-21)27(43-28)19-42-31(38)23-12-7-13-24(15-23)40-2/h3-15,17,26-28H,16,18-19H2,1-2H3/t26-,27+,28+/m0/s1. The van der Waals surface area contributed by atoms with E-state index >= 15 is 0 Å². The Kier molecular flexibility index (Phi) is 8.93. The van der Waals surface area contributed by atoms with Crippen molar-refractivity contribution >= 4 is 11.9 Å². The number of aromatic nitrogens is 2. The molecule has 3 aromatic carbocycles. The van der Waals surface area contributed by atoms with E-state index in [0.717, 1.165) is 15.7 Å². The summed E-state index contributed by atoms with van der Waals surface area (Å²) in [6.45, 7) is 1.69. The van der Waals surface area contributed by atoms with Gasteiger partial charge in [-0.3, -0.25) is 14.2 Å². The van der Waals surface area contributed by atoms with Gasteiger partial charge >= 0.3 is 11.7 Å². The van der Waals surface area contributed by atoms with Crippen LogP contribution in [0.25, 0.3) is 0 Å². The van der Waals surface area contributed by atoms with E-state index in [9.17, 15) is 23.6 Å². The highest BCUT2D eigenvalue weighted by atomic mass is 19.1. The highest BCUT2D eigenvalue weighted by molar-refractivity contribution is 5.95. The Morgan fingerprint density at radius 2 is 1.72 bits per heavy atom. The number of carbonyl (C=O) groups excluding carboxylic acids is 2. The molecule has 10 nitrogen and oxygen atoms in total. The normalized spacial score (nSPS) is 17.9. The Balaban J connectivity index is 1.41. The molecule has 1 saturated heterocycles. The largest absolute Gasteiger partial charge is 0.497 e. The molecule has 0 spiro atoms. The first-order chi connectivity index (χ1) is 20.7. The Bertz CT molecular complexity index is 1750. The molecule has 1 aromatic heterocycles. The summed E-state index contributed by atoms with van der Waals surface area (Å²) < 4.78 is 38.8. The van der Waals surface area contributed by atoms with E-state index in [1.807, 2.05) is 30.3 Å². The van der Waals surface area contributed by atoms with Gasteiger partial charge in [-0.15, -0.1) is 0 Å². The SMILES string of the molecule is COc1cccc(C(=O)OC[C@H]2O[C@@H](n3cc(F)c(=O)n(C(=O)c4cccc(C)c4)c3=O)C[C@@H]2OCc2ccccc2)c1. The van der Waals surface area contributed by atoms with Gasteiger partial charge in [0.25, 0.3) is 11.5 Å². The van der Waals surface area contributed by atoms with E-state index in [1.165, 1.54) is 25.3 Å². The fourth-order valence-electron chi connectivity index (χ4n) is 4.80. The molecule has 0 unspecified atom stereocenters. The first kappa shape index (κ1) is 29.6. The summed E-state index contributed by atoms with van der Waals surface area (Å²) >= 11 is 0. The van der Waals surface area contributed by atoms with Crippen LogP contribution in [0.15, 0.2) is 94.6 Å². The summed E-state index contributed by atoms with van der Waals surface area (Å²) in [7, 11) is 1.48. The zero-order chi connectivity index (χ0) is 30.5. The van der Waals surface area contributed by atoms with Crippen molar-refractivity contribution < 1.29 is 32.9 Å². The maximum absolute atomic E-state index is 14.9. The molecule has 0 N–H and O–H groups in total. The lowest BCUT2D eigenvalue weighted by Gasteiger charge is -2.19. The summed E-state index contributed by atoms with van der Waals surface area (Å²) in [4.78, 5) is 52.0. The quantitative estimate of drug-likeness (QED) is 0.271. The molecule has 222 valence electrons. The summed E-state index contributed by atoms with van der Waals surface area (Å²) in [5.74, 6) is -2.43. The number of rotatable bonds is 9. The predicted octanol–water partition coefficient (Wildman–Crippen LogP) is 3.88. The average Bonchev–Trinajstić information content (AvgIpc) is 3.43. The van der Waals surface area contributed by atoms with Gasteiger partial charge in [-0.05, 0) is 42.8 Å². The summed E-state index contributed by atoms with van der Waals surface area (Å²) in [5, 5.41) is 0. The van der Waals surface area contributed by atoms with Gasteiger partial charge in [-0.25, -0.2) is 9.59 Å². The molecule has 1 aliphatic heterocycles. The number of benzene rings is 3. The van der Waals surface area contributed by atoms with E-state index in [4.69, 9.17) is 18.9 Å². The van der Waals surface area contributed by atoms with Gasteiger partial charge in [-0.2, -0.15) is 8.96 Å². The molecule has 4 aromatic rings. The smallest absolute Gasteiger partial charge is 0.340 e. The van der Waals surface area contributed by atoms with Gasteiger partial charge < -0.3 is 18.9 Å². The molecule has 2 heterocycles. The van der Waals surface area contributed by atoms with Crippen molar-refractivity contribution in [2.24, 2.45) is 0 Å². The van der Waals surface area contributed by atoms with Crippen molar-refractivity contribution in [1.29, 1.82) is 0 Å². The number of aryl methyl sites for hydroxylation is 1. The minimum atomic E-state index is -1.37. The van der Waals surface area contributed by atoms with Gasteiger partial charge in [0, 0.05) is 12.0 Å². The van der Waals surface area contributed by atoms with Crippen molar-refractivity contribution in [3.8, 4) is 5.75 Å². The molecular formula is C32H29FN2O8. The molecule has 43 heavy (non-hydrogen) atoms. The number of nitrogens with zero attached hydrogens (tertiary/aromatic N) is 2. The predicted molar refractivity (Wildman–Crippen MR) is 153 cm³/mol. The monoisotopic (exact) mass is 588 g/mol. The summed E-state index contributed by atoms with van der Waals surface area (Å²) in [6.07, 6.45) is -1.91. The van der Waals surface area contributed by atoms with E-state index in [-0.39, 0.29) is 35.3 Å². The molecule has 5 rings (SSSR count). The van der Waals surface area contributed by atoms with E-state index < -0.39 is 47.4 Å². The summed E-state index contributed by atoms with van der Waals surface area (Å²) in [5.41, 5.74) is -0.533. The first-order valence-electron chi connectivity index (χ1n) is 13.5.